The van der Waals surface area contributed by atoms with E-state index < -0.39 is 8.32 Å². The molecule has 4 rings (SSSR count). The summed E-state index contributed by atoms with van der Waals surface area (Å²) in [5, 5.41) is 4.90. The molecule has 0 aliphatic heterocycles. The quantitative estimate of drug-likeness (QED) is 0.115. The number of fused-ring (bicyclic) bond motifs is 1. The molecule has 0 saturated heterocycles. The van der Waals surface area contributed by atoms with Crippen LogP contribution in [0.5, 0.6) is 5.75 Å². The number of hydrogen-bond acceptors (Lipinski definition) is 4. The highest BCUT2D eigenvalue weighted by atomic mass is 28.4. The van der Waals surface area contributed by atoms with Crippen LogP contribution in [0.2, 0.25) is 18.1 Å². The lowest BCUT2D eigenvalue weighted by Gasteiger charge is -2.40. The Hall–Kier alpha value is -3.19. The van der Waals surface area contributed by atoms with E-state index in [-0.39, 0.29) is 22.7 Å². The van der Waals surface area contributed by atoms with E-state index in [1.54, 1.807) is 6.07 Å². The zero-order valence-corrected chi connectivity index (χ0v) is 27.2. The number of rotatable bonds is 14. The van der Waals surface area contributed by atoms with E-state index in [9.17, 15) is 4.79 Å². The minimum Gasteiger partial charge on any atom is -0.487 e. The monoisotopic (exact) mass is 584 g/mol. The van der Waals surface area contributed by atoms with Crippen LogP contribution in [0.1, 0.15) is 82.2 Å². The zero-order chi connectivity index (χ0) is 30.2. The fraction of sp³-hybridized carbons (Fsp3) is 0.417. The van der Waals surface area contributed by atoms with Gasteiger partial charge in [0, 0.05) is 24.0 Å². The van der Waals surface area contributed by atoms with E-state index in [0.717, 1.165) is 22.9 Å². The SMILES string of the molecule is CCCCCC(NCC(O[Si](C)(C)C(C)(C)C)c1ccc(OCc2ccccc2)c2[nH]c(=O)ccc12)c1ccccc1. The summed E-state index contributed by atoms with van der Waals surface area (Å²) in [6.45, 7) is 14.8. The fourth-order valence-corrected chi connectivity index (χ4v) is 6.33. The molecule has 6 heteroatoms. The molecule has 0 fully saturated rings. The van der Waals surface area contributed by atoms with Gasteiger partial charge in [-0.1, -0.05) is 114 Å². The highest BCUT2D eigenvalue weighted by Crippen LogP contribution is 2.41. The Kier molecular flexibility index (Phi) is 10.8. The van der Waals surface area contributed by atoms with Crippen molar-refractivity contribution in [2.75, 3.05) is 6.54 Å². The van der Waals surface area contributed by atoms with Crippen molar-refractivity contribution < 1.29 is 9.16 Å². The lowest BCUT2D eigenvalue weighted by molar-refractivity contribution is 0.175. The lowest BCUT2D eigenvalue weighted by atomic mass is 9.98. The van der Waals surface area contributed by atoms with Crippen LogP contribution < -0.4 is 15.6 Å². The van der Waals surface area contributed by atoms with Crippen molar-refractivity contribution in [3.05, 3.63) is 112 Å². The zero-order valence-electron chi connectivity index (χ0n) is 26.2. The largest absolute Gasteiger partial charge is 0.487 e. The van der Waals surface area contributed by atoms with E-state index in [1.807, 2.05) is 42.5 Å². The predicted molar refractivity (Wildman–Crippen MR) is 178 cm³/mol. The van der Waals surface area contributed by atoms with Crippen LogP contribution in [0.25, 0.3) is 10.9 Å². The molecule has 0 aliphatic carbocycles. The second-order valence-corrected chi connectivity index (χ2v) is 17.5. The Morgan fingerprint density at radius 2 is 1.57 bits per heavy atom. The van der Waals surface area contributed by atoms with Gasteiger partial charge in [0.05, 0.1) is 11.6 Å². The molecule has 3 aromatic carbocycles. The molecular formula is C36H48N2O3Si. The van der Waals surface area contributed by atoms with Crippen molar-refractivity contribution in [2.24, 2.45) is 0 Å². The molecule has 0 aliphatic rings. The maximum absolute atomic E-state index is 12.5. The van der Waals surface area contributed by atoms with Gasteiger partial charge in [0.25, 0.3) is 0 Å². The maximum Gasteiger partial charge on any atom is 0.248 e. The summed E-state index contributed by atoms with van der Waals surface area (Å²) in [4.78, 5) is 15.6. The summed E-state index contributed by atoms with van der Waals surface area (Å²) in [7, 11) is -2.15. The van der Waals surface area contributed by atoms with Crippen molar-refractivity contribution in [1.82, 2.24) is 10.3 Å². The molecule has 0 spiro atoms. The van der Waals surface area contributed by atoms with Gasteiger partial charge in [-0.3, -0.25) is 4.79 Å². The first-order chi connectivity index (χ1) is 20.1. The van der Waals surface area contributed by atoms with Crippen molar-refractivity contribution in [3.8, 4) is 5.75 Å². The fourth-order valence-electron chi connectivity index (χ4n) is 5.05. The van der Waals surface area contributed by atoms with Gasteiger partial charge >= 0.3 is 0 Å². The van der Waals surface area contributed by atoms with Gasteiger partial charge in [-0.05, 0) is 53.4 Å². The van der Waals surface area contributed by atoms with Gasteiger partial charge in [-0.15, -0.1) is 0 Å². The summed E-state index contributed by atoms with van der Waals surface area (Å²) in [6, 6.07) is 28.7. The molecule has 0 radical (unpaired) electrons. The molecule has 1 aromatic heterocycles. The van der Waals surface area contributed by atoms with Gasteiger partial charge in [0.15, 0.2) is 8.32 Å². The van der Waals surface area contributed by atoms with Crippen LogP contribution in [-0.2, 0) is 11.0 Å². The summed E-state index contributed by atoms with van der Waals surface area (Å²) in [5.74, 6) is 0.663. The third kappa shape index (κ3) is 8.21. The van der Waals surface area contributed by atoms with E-state index in [4.69, 9.17) is 9.16 Å². The second-order valence-electron chi connectivity index (χ2n) is 12.8. The molecule has 5 nitrogen and oxygen atoms in total. The first-order valence-electron chi connectivity index (χ1n) is 15.4. The van der Waals surface area contributed by atoms with Crippen molar-refractivity contribution in [2.45, 2.75) is 90.3 Å². The number of pyridine rings is 1. The molecule has 2 unspecified atom stereocenters. The molecule has 4 aromatic rings. The van der Waals surface area contributed by atoms with Crippen molar-refractivity contribution in [3.63, 3.8) is 0 Å². The number of hydrogen-bond donors (Lipinski definition) is 2. The predicted octanol–water partition coefficient (Wildman–Crippen LogP) is 9.08. The molecular weight excluding hydrogens is 536 g/mol. The first-order valence-corrected chi connectivity index (χ1v) is 18.3. The number of nitrogens with one attached hydrogen (secondary N) is 2. The standard InChI is InChI=1S/C36H48N2O3Si/c1-7-8-11-20-31(28-18-14-10-15-19-28)37-25-33(41-42(5,6)36(2,3)4)29-21-23-32(35-30(29)22-24-34(39)38-35)40-26-27-16-12-9-13-17-27/h9-10,12-19,21-24,31,33,37H,7-8,11,20,25-26H2,1-6H3,(H,38,39). The van der Waals surface area contributed by atoms with E-state index in [0.29, 0.717) is 24.4 Å². The van der Waals surface area contributed by atoms with Crippen LogP contribution in [-0.4, -0.2) is 19.8 Å². The summed E-state index contributed by atoms with van der Waals surface area (Å²) in [6.07, 6.45) is 4.47. The topological polar surface area (TPSA) is 63.4 Å². The van der Waals surface area contributed by atoms with Gasteiger partial charge in [-0.2, -0.15) is 0 Å². The normalized spacial score (nSPS) is 13.7. The first kappa shape index (κ1) is 31.7. The summed E-state index contributed by atoms with van der Waals surface area (Å²) >= 11 is 0. The van der Waals surface area contributed by atoms with Crippen LogP contribution >= 0.6 is 0 Å². The molecule has 0 saturated carbocycles. The average Bonchev–Trinajstić information content (AvgIpc) is 2.97. The Morgan fingerprint density at radius 3 is 2.24 bits per heavy atom. The maximum atomic E-state index is 12.5. The molecule has 0 bridgehead atoms. The Bertz CT molecular complexity index is 1460. The number of benzene rings is 3. The number of unbranched alkanes of at least 4 members (excludes halogenated alkanes) is 2. The van der Waals surface area contributed by atoms with Gasteiger partial charge in [-0.25, -0.2) is 0 Å². The molecule has 2 N–H and O–H groups in total. The minimum atomic E-state index is -2.15. The Morgan fingerprint density at radius 1 is 0.881 bits per heavy atom. The average molecular weight is 585 g/mol. The second kappa shape index (κ2) is 14.3. The smallest absolute Gasteiger partial charge is 0.248 e. The van der Waals surface area contributed by atoms with Crippen LogP contribution in [0, 0.1) is 0 Å². The number of aromatic amines is 1. The van der Waals surface area contributed by atoms with Crippen molar-refractivity contribution >= 4 is 19.2 Å². The third-order valence-electron chi connectivity index (χ3n) is 8.57. The minimum absolute atomic E-state index is 0.0497. The van der Waals surface area contributed by atoms with E-state index in [1.165, 1.54) is 24.8 Å². The number of H-pyrrole nitrogens is 1. The summed E-state index contributed by atoms with van der Waals surface area (Å²) in [5.41, 5.74) is 4.00. The highest BCUT2D eigenvalue weighted by Gasteiger charge is 2.40. The molecule has 42 heavy (non-hydrogen) atoms. The van der Waals surface area contributed by atoms with Crippen LogP contribution in [0.3, 0.4) is 0 Å². The lowest BCUT2D eigenvalue weighted by Crippen LogP contribution is -2.44. The van der Waals surface area contributed by atoms with Gasteiger partial charge < -0.3 is 19.5 Å². The van der Waals surface area contributed by atoms with Crippen LogP contribution in [0.15, 0.2) is 89.7 Å². The highest BCUT2D eigenvalue weighted by molar-refractivity contribution is 6.74. The molecule has 2 atom stereocenters. The Labute approximate surface area is 252 Å². The third-order valence-corrected chi connectivity index (χ3v) is 13.1. The summed E-state index contributed by atoms with van der Waals surface area (Å²) < 4.78 is 13.4. The van der Waals surface area contributed by atoms with Crippen LogP contribution in [0.4, 0.5) is 0 Å². The number of aromatic nitrogens is 1. The molecule has 0 amide bonds. The van der Waals surface area contributed by atoms with Gasteiger partial charge in [0.1, 0.15) is 12.4 Å². The van der Waals surface area contributed by atoms with E-state index in [2.05, 4.69) is 87.5 Å². The van der Waals surface area contributed by atoms with E-state index >= 15 is 0 Å². The van der Waals surface area contributed by atoms with Gasteiger partial charge in [0.2, 0.25) is 5.56 Å². The molecule has 1 heterocycles. The molecule has 224 valence electrons. The Balaban J connectivity index is 1.70. The number of ether oxygens (including phenoxy) is 1. The van der Waals surface area contributed by atoms with Crippen molar-refractivity contribution in [1.29, 1.82) is 0 Å².